The summed E-state index contributed by atoms with van der Waals surface area (Å²) in [6.45, 7) is 0. The van der Waals surface area contributed by atoms with Crippen LogP contribution in [0.25, 0.3) is 32.9 Å². The molecule has 0 N–H and O–H groups in total. The fraction of sp³-hybridized carbons (Fsp3) is 0. The summed E-state index contributed by atoms with van der Waals surface area (Å²) >= 11 is 6.07. The smallest absolute Gasteiger partial charge is 0.228 e. The number of ketones is 1. The lowest BCUT2D eigenvalue weighted by atomic mass is 9.95. The van der Waals surface area contributed by atoms with Crippen molar-refractivity contribution in [2.24, 2.45) is 0 Å². The minimum absolute atomic E-state index is 0.227. The largest absolute Gasteiger partial charge is 0.452 e. The number of hydrogen-bond donors (Lipinski definition) is 0. The van der Waals surface area contributed by atoms with E-state index in [2.05, 4.69) is 0 Å². The van der Waals surface area contributed by atoms with Gasteiger partial charge in [-0.15, -0.1) is 0 Å². The van der Waals surface area contributed by atoms with Crippen LogP contribution in [0.3, 0.4) is 0 Å². The number of fused-ring (bicyclic) bond motifs is 3. The summed E-state index contributed by atoms with van der Waals surface area (Å²) in [5.41, 5.74) is 2.53. The topological polar surface area (TPSA) is 30.2 Å². The van der Waals surface area contributed by atoms with Crippen LogP contribution >= 0.6 is 11.6 Å². The van der Waals surface area contributed by atoms with Crippen LogP contribution in [-0.2, 0) is 0 Å². The Kier molecular flexibility index (Phi) is 4.18. The first-order chi connectivity index (χ1) is 14.1. The van der Waals surface area contributed by atoms with E-state index in [0.29, 0.717) is 21.7 Å². The SMILES string of the molecule is O=C(c1ccc(F)cc1)c1oc2ccc3ccccc3c2c1-c1ccc(Cl)cc1. The average molecular weight is 401 g/mol. The normalized spacial score (nSPS) is 11.2. The molecular formula is C25H14ClFO2. The van der Waals surface area contributed by atoms with Crippen LogP contribution in [-0.4, -0.2) is 5.78 Å². The number of rotatable bonds is 3. The van der Waals surface area contributed by atoms with Crippen molar-refractivity contribution < 1.29 is 13.6 Å². The Labute approximate surface area is 171 Å². The maximum absolute atomic E-state index is 13.3. The summed E-state index contributed by atoms with van der Waals surface area (Å²) in [4.78, 5) is 13.3. The van der Waals surface area contributed by atoms with Crippen molar-refractivity contribution in [3.63, 3.8) is 0 Å². The zero-order valence-corrected chi connectivity index (χ0v) is 15.9. The number of carbonyl (C=O) groups excluding carboxylic acids is 1. The second-order valence-corrected chi connectivity index (χ2v) is 7.25. The molecule has 0 fully saturated rings. The fourth-order valence-corrected chi connectivity index (χ4v) is 3.78. The molecule has 0 saturated carbocycles. The lowest BCUT2D eigenvalue weighted by Gasteiger charge is -2.06. The van der Waals surface area contributed by atoms with Gasteiger partial charge in [0.05, 0.1) is 0 Å². The molecule has 4 heteroatoms. The Hall–Kier alpha value is -3.43. The maximum atomic E-state index is 13.3. The lowest BCUT2D eigenvalue weighted by Crippen LogP contribution is -2.01. The molecule has 5 rings (SSSR count). The van der Waals surface area contributed by atoms with Crippen molar-refractivity contribution in [2.75, 3.05) is 0 Å². The van der Waals surface area contributed by atoms with E-state index in [1.807, 2.05) is 48.5 Å². The van der Waals surface area contributed by atoms with Crippen molar-refractivity contribution in [1.82, 2.24) is 0 Å². The van der Waals surface area contributed by atoms with Crippen molar-refractivity contribution in [3.05, 3.63) is 107 Å². The summed E-state index contributed by atoms with van der Waals surface area (Å²) in [6, 6.07) is 24.6. The second kappa shape index (κ2) is 6.87. The molecule has 2 nitrogen and oxygen atoms in total. The van der Waals surface area contributed by atoms with E-state index < -0.39 is 5.82 Å². The molecule has 0 spiro atoms. The quantitative estimate of drug-likeness (QED) is 0.298. The van der Waals surface area contributed by atoms with Gasteiger partial charge in [-0.2, -0.15) is 0 Å². The summed E-state index contributed by atoms with van der Waals surface area (Å²) < 4.78 is 19.4. The Morgan fingerprint density at radius 1 is 0.828 bits per heavy atom. The molecule has 0 atom stereocenters. The Morgan fingerprint density at radius 3 is 2.31 bits per heavy atom. The summed E-state index contributed by atoms with van der Waals surface area (Å²) in [6.07, 6.45) is 0. The number of benzene rings is 4. The summed E-state index contributed by atoms with van der Waals surface area (Å²) in [5.74, 6) is -0.462. The van der Waals surface area contributed by atoms with Gasteiger partial charge < -0.3 is 4.42 Å². The van der Waals surface area contributed by atoms with Gasteiger partial charge in [-0.1, -0.05) is 54.1 Å². The van der Waals surface area contributed by atoms with E-state index in [4.69, 9.17) is 16.0 Å². The van der Waals surface area contributed by atoms with E-state index in [9.17, 15) is 9.18 Å². The van der Waals surface area contributed by atoms with Crippen LogP contribution in [0.4, 0.5) is 4.39 Å². The van der Waals surface area contributed by atoms with Crippen LogP contribution in [0.15, 0.2) is 89.3 Å². The van der Waals surface area contributed by atoms with Crippen molar-refractivity contribution >= 4 is 39.1 Å². The molecule has 0 aliphatic rings. The highest BCUT2D eigenvalue weighted by atomic mass is 35.5. The Morgan fingerprint density at radius 2 is 1.55 bits per heavy atom. The highest BCUT2D eigenvalue weighted by Gasteiger charge is 2.24. The highest BCUT2D eigenvalue weighted by molar-refractivity contribution is 6.30. The molecule has 0 bridgehead atoms. The molecule has 0 aliphatic heterocycles. The number of halogens is 2. The van der Waals surface area contributed by atoms with Crippen LogP contribution in [0, 0.1) is 5.82 Å². The third-order valence-corrected chi connectivity index (χ3v) is 5.28. The fourth-order valence-electron chi connectivity index (χ4n) is 3.65. The second-order valence-electron chi connectivity index (χ2n) is 6.81. The highest BCUT2D eigenvalue weighted by Crippen LogP contribution is 2.40. The first-order valence-corrected chi connectivity index (χ1v) is 9.50. The molecule has 4 aromatic carbocycles. The first kappa shape index (κ1) is 17.7. The number of carbonyl (C=O) groups is 1. The molecular weight excluding hydrogens is 387 g/mol. The van der Waals surface area contributed by atoms with Gasteiger partial charge in [0, 0.05) is 21.5 Å². The van der Waals surface area contributed by atoms with Crippen molar-refractivity contribution in [2.45, 2.75) is 0 Å². The van der Waals surface area contributed by atoms with E-state index in [1.54, 1.807) is 12.1 Å². The summed E-state index contributed by atoms with van der Waals surface area (Å²) in [5, 5.41) is 3.53. The lowest BCUT2D eigenvalue weighted by molar-refractivity contribution is 0.101. The van der Waals surface area contributed by atoms with Gasteiger partial charge in [0.25, 0.3) is 0 Å². The Balaban J connectivity index is 1.84. The maximum Gasteiger partial charge on any atom is 0.228 e. The monoisotopic (exact) mass is 400 g/mol. The molecule has 0 amide bonds. The van der Waals surface area contributed by atoms with Gasteiger partial charge in [0.2, 0.25) is 5.78 Å². The molecule has 1 aromatic heterocycles. The van der Waals surface area contributed by atoms with Gasteiger partial charge in [-0.05, 0) is 58.8 Å². The van der Waals surface area contributed by atoms with E-state index in [-0.39, 0.29) is 11.5 Å². The van der Waals surface area contributed by atoms with Gasteiger partial charge in [0.15, 0.2) is 5.76 Å². The van der Waals surface area contributed by atoms with Crippen molar-refractivity contribution in [3.8, 4) is 11.1 Å². The van der Waals surface area contributed by atoms with Gasteiger partial charge in [0.1, 0.15) is 11.4 Å². The molecule has 140 valence electrons. The Bertz CT molecular complexity index is 1370. The predicted octanol–water partition coefficient (Wildman–Crippen LogP) is 7.28. The zero-order valence-electron chi connectivity index (χ0n) is 15.2. The molecule has 0 radical (unpaired) electrons. The third kappa shape index (κ3) is 3.00. The molecule has 5 aromatic rings. The predicted molar refractivity (Wildman–Crippen MR) is 114 cm³/mol. The van der Waals surface area contributed by atoms with E-state index >= 15 is 0 Å². The first-order valence-electron chi connectivity index (χ1n) is 9.12. The van der Waals surface area contributed by atoms with Gasteiger partial charge >= 0.3 is 0 Å². The van der Waals surface area contributed by atoms with Crippen LogP contribution in [0.5, 0.6) is 0 Å². The number of hydrogen-bond acceptors (Lipinski definition) is 2. The van der Waals surface area contributed by atoms with Gasteiger partial charge in [-0.25, -0.2) is 4.39 Å². The molecule has 0 saturated heterocycles. The van der Waals surface area contributed by atoms with E-state index in [0.717, 1.165) is 21.7 Å². The van der Waals surface area contributed by atoms with Crippen LogP contribution in [0.1, 0.15) is 16.1 Å². The van der Waals surface area contributed by atoms with Gasteiger partial charge in [-0.3, -0.25) is 4.79 Å². The summed E-state index contributed by atoms with van der Waals surface area (Å²) in [7, 11) is 0. The van der Waals surface area contributed by atoms with E-state index in [1.165, 1.54) is 24.3 Å². The minimum atomic E-state index is -0.393. The molecule has 1 heterocycles. The molecule has 29 heavy (non-hydrogen) atoms. The standard InChI is InChI=1S/C25H14ClFO2/c26-18-10-5-16(6-11-18)22-23-20-4-2-1-3-15(20)9-14-21(23)29-25(22)24(28)17-7-12-19(27)13-8-17/h1-14H. The van der Waals surface area contributed by atoms with Crippen LogP contribution in [0.2, 0.25) is 5.02 Å². The minimum Gasteiger partial charge on any atom is -0.452 e. The third-order valence-electron chi connectivity index (χ3n) is 5.03. The van der Waals surface area contributed by atoms with Crippen molar-refractivity contribution in [1.29, 1.82) is 0 Å². The number of furan rings is 1. The zero-order chi connectivity index (χ0) is 20.0. The molecule has 0 unspecified atom stereocenters. The molecule has 0 aliphatic carbocycles. The van der Waals surface area contributed by atoms with Crippen LogP contribution < -0.4 is 0 Å². The average Bonchev–Trinajstić information content (AvgIpc) is 3.14.